The maximum absolute atomic E-state index is 12.9. The van der Waals surface area contributed by atoms with Gasteiger partial charge in [0.1, 0.15) is 0 Å². The number of hydrogen-bond donors (Lipinski definition) is 1. The summed E-state index contributed by atoms with van der Waals surface area (Å²) in [4.78, 5) is 30.7. The summed E-state index contributed by atoms with van der Waals surface area (Å²) in [6.45, 7) is 5.07. The molecule has 2 aromatic rings. The lowest BCUT2D eigenvalue weighted by Crippen LogP contribution is -2.32. The van der Waals surface area contributed by atoms with Crippen molar-refractivity contribution in [2.45, 2.75) is 38.0 Å². The Balaban J connectivity index is 1.71. The number of pyridine rings is 1. The predicted molar refractivity (Wildman–Crippen MR) is 119 cm³/mol. The first-order valence-corrected chi connectivity index (χ1v) is 11.9. The van der Waals surface area contributed by atoms with Gasteiger partial charge in [-0.1, -0.05) is 13.8 Å². The van der Waals surface area contributed by atoms with Crippen molar-refractivity contribution in [3.05, 3.63) is 48.8 Å². The highest BCUT2D eigenvalue weighted by atomic mass is 32.2. The maximum Gasteiger partial charge on any atom is 0.243 e. The van der Waals surface area contributed by atoms with E-state index in [9.17, 15) is 18.0 Å². The molecule has 166 valence electrons. The van der Waals surface area contributed by atoms with E-state index in [-0.39, 0.29) is 29.7 Å². The van der Waals surface area contributed by atoms with Gasteiger partial charge in [0.05, 0.1) is 22.7 Å². The molecule has 1 aromatic carbocycles. The molecule has 3 rings (SSSR count). The first kappa shape index (κ1) is 22.9. The molecule has 0 saturated carbocycles. The van der Waals surface area contributed by atoms with Crippen molar-refractivity contribution in [2.75, 3.05) is 29.9 Å². The molecule has 1 saturated heterocycles. The van der Waals surface area contributed by atoms with Gasteiger partial charge in [-0.05, 0) is 49.2 Å². The molecule has 0 radical (unpaired) electrons. The Labute approximate surface area is 183 Å². The van der Waals surface area contributed by atoms with E-state index in [2.05, 4.69) is 10.3 Å². The third-order valence-electron chi connectivity index (χ3n) is 5.16. The Hall–Kier alpha value is -2.78. The van der Waals surface area contributed by atoms with Crippen LogP contribution in [0.4, 0.5) is 11.4 Å². The van der Waals surface area contributed by atoms with Gasteiger partial charge < -0.3 is 10.2 Å². The lowest BCUT2D eigenvalue weighted by atomic mass is 10.1. The normalized spacial score (nSPS) is 16.7. The topological polar surface area (TPSA) is 99.7 Å². The predicted octanol–water partition coefficient (Wildman–Crippen LogP) is 2.88. The molecule has 0 unspecified atom stereocenters. The second-order valence-corrected chi connectivity index (χ2v) is 9.47. The molecule has 2 heterocycles. The summed E-state index contributed by atoms with van der Waals surface area (Å²) in [5, 5.41) is 2.78. The van der Waals surface area contributed by atoms with Crippen LogP contribution in [0.1, 0.15) is 33.1 Å². The number of sulfonamides is 1. The zero-order chi connectivity index (χ0) is 22.4. The lowest BCUT2D eigenvalue weighted by molar-refractivity contribution is -0.122. The van der Waals surface area contributed by atoms with Crippen molar-refractivity contribution in [3.63, 3.8) is 0 Å². The van der Waals surface area contributed by atoms with Crippen molar-refractivity contribution < 1.29 is 18.0 Å². The van der Waals surface area contributed by atoms with E-state index in [1.54, 1.807) is 36.7 Å². The van der Waals surface area contributed by atoms with Crippen LogP contribution < -0.4 is 10.2 Å². The highest BCUT2D eigenvalue weighted by Crippen LogP contribution is 2.28. The number of amides is 2. The summed E-state index contributed by atoms with van der Waals surface area (Å²) in [6.07, 6.45) is 4.74. The fourth-order valence-electron chi connectivity index (χ4n) is 3.61. The summed E-state index contributed by atoms with van der Waals surface area (Å²) in [6, 6.07) is 9.77. The molecule has 1 aromatic heterocycles. The van der Waals surface area contributed by atoms with Gasteiger partial charge >= 0.3 is 0 Å². The molecular formula is C22H28N4O4S. The van der Waals surface area contributed by atoms with E-state index in [4.69, 9.17) is 0 Å². The molecule has 9 heteroatoms. The number of aromatic nitrogens is 1. The van der Waals surface area contributed by atoms with Crippen molar-refractivity contribution in [1.29, 1.82) is 0 Å². The minimum atomic E-state index is -3.58. The Morgan fingerprint density at radius 3 is 2.42 bits per heavy atom. The molecule has 31 heavy (non-hydrogen) atoms. The number of rotatable bonds is 9. The van der Waals surface area contributed by atoms with Gasteiger partial charge in [0.15, 0.2) is 0 Å². The summed E-state index contributed by atoms with van der Waals surface area (Å²) in [7, 11) is -3.58. The quantitative estimate of drug-likeness (QED) is 0.641. The number of benzene rings is 1. The first-order chi connectivity index (χ1) is 14.9. The second kappa shape index (κ2) is 10.0. The van der Waals surface area contributed by atoms with Crippen molar-refractivity contribution in [1.82, 2.24) is 9.29 Å². The van der Waals surface area contributed by atoms with E-state index in [0.29, 0.717) is 24.5 Å². The average Bonchev–Trinajstić information content (AvgIpc) is 3.16. The van der Waals surface area contributed by atoms with Gasteiger partial charge in [0.2, 0.25) is 21.8 Å². The van der Waals surface area contributed by atoms with Crippen molar-refractivity contribution in [2.24, 2.45) is 5.92 Å². The van der Waals surface area contributed by atoms with E-state index in [1.165, 1.54) is 21.3 Å². The number of nitrogens with one attached hydrogen (secondary N) is 1. The van der Waals surface area contributed by atoms with Crippen LogP contribution in [0.25, 0.3) is 0 Å². The van der Waals surface area contributed by atoms with E-state index in [0.717, 1.165) is 12.8 Å². The summed E-state index contributed by atoms with van der Waals surface area (Å²) >= 11 is 0. The summed E-state index contributed by atoms with van der Waals surface area (Å²) < 4.78 is 27.3. The Morgan fingerprint density at radius 2 is 1.84 bits per heavy atom. The molecule has 0 bridgehead atoms. The molecule has 2 amide bonds. The van der Waals surface area contributed by atoms with Crippen LogP contribution in [0.2, 0.25) is 0 Å². The molecule has 1 aliphatic heterocycles. The third-order valence-corrected chi connectivity index (χ3v) is 7.07. The van der Waals surface area contributed by atoms with Gasteiger partial charge in [-0.3, -0.25) is 14.6 Å². The minimum absolute atomic E-state index is 0.104. The van der Waals surface area contributed by atoms with Crippen LogP contribution in [0.15, 0.2) is 53.7 Å². The number of anilines is 2. The van der Waals surface area contributed by atoms with Gasteiger partial charge in [-0.25, -0.2) is 8.42 Å². The van der Waals surface area contributed by atoms with Crippen LogP contribution in [-0.4, -0.2) is 49.2 Å². The standard InChI is InChI=1S/C22H28N4O4S/c1-3-12-25(13-4-2)31(29,30)20-9-7-19(8-10-20)26-16-17(14-21(26)27)22(28)24-18-6-5-11-23-15-18/h5-11,15,17H,3-4,12-14,16H2,1-2H3,(H,24,28)/t17-/m0/s1. The van der Waals surface area contributed by atoms with Crippen LogP contribution >= 0.6 is 0 Å². The minimum Gasteiger partial charge on any atom is -0.324 e. The van der Waals surface area contributed by atoms with E-state index < -0.39 is 15.9 Å². The van der Waals surface area contributed by atoms with Gasteiger partial charge in [0, 0.05) is 37.9 Å². The zero-order valence-electron chi connectivity index (χ0n) is 17.8. The molecular weight excluding hydrogens is 416 g/mol. The van der Waals surface area contributed by atoms with Crippen molar-refractivity contribution in [3.8, 4) is 0 Å². The third kappa shape index (κ3) is 5.29. The Bertz CT molecular complexity index is 1000. The van der Waals surface area contributed by atoms with Gasteiger partial charge in [0.25, 0.3) is 0 Å². The molecule has 0 aliphatic carbocycles. The smallest absolute Gasteiger partial charge is 0.243 e. The van der Waals surface area contributed by atoms with Crippen LogP contribution in [0.3, 0.4) is 0 Å². The first-order valence-electron chi connectivity index (χ1n) is 10.5. The lowest BCUT2D eigenvalue weighted by Gasteiger charge is -2.22. The van der Waals surface area contributed by atoms with Gasteiger partial charge in [-0.15, -0.1) is 0 Å². The number of hydrogen-bond acceptors (Lipinski definition) is 5. The van der Waals surface area contributed by atoms with E-state index in [1.807, 2.05) is 13.8 Å². The monoisotopic (exact) mass is 444 g/mol. The molecule has 1 atom stereocenters. The van der Waals surface area contributed by atoms with E-state index >= 15 is 0 Å². The zero-order valence-corrected chi connectivity index (χ0v) is 18.6. The Kier molecular flexibility index (Phi) is 7.40. The molecule has 1 N–H and O–H groups in total. The fourth-order valence-corrected chi connectivity index (χ4v) is 5.24. The van der Waals surface area contributed by atoms with Crippen LogP contribution in [-0.2, 0) is 19.6 Å². The number of carbonyl (C=O) groups excluding carboxylic acids is 2. The van der Waals surface area contributed by atoms with Gasteiger partial charge in [-0.2, -0.15) is 4.31 Å². The molecule has 0 spiro atoms. The average molecular weight is 445 g/mol. The molecule has 8 nitrogen and oxygen atoms in total. The largest absolute Gasteiger partial charge is 0.324 e. The fraction of sp³-hybridized carbons (Fsp3) is 0.409. The maximum atomic E-state index is 12.9. The highest BCUT2D eigenvalue weighted by molar-refractivity contribution is 7.89. The van der Waals surface area contributed by atoms with Crippen molar-refractivity contribution >= 4 is 33.2 Å². The van der Waals surface area contributed by atoms with Crippen LogP contribution in [0, 0.1) is 5.92 Å². The number of nitrogens with zero attached hydrogens (tertiary/aromatic N) is 3. The SMILES string of the molecule is CCCN(CCC)S(=O)(=O)c1ccc(N2C[C@@H](C(=O)Nc3cccnc3)CC2=O)cc1. The summed E-state index contributed by atoms with van der Waals surface area (Å²) in [5.74, 6) is -0.890. The molecule has 1 aliphatic rings. The Morgan fingerprint density at radius 1 is 1.16 bits per heavy atom. The number of carbonyl (C=O) groups is 2. The molecule has 1 fully saturated rings. The van der Waals surface area contributed by atoms with Crippen LogP contribution in [0.5, 0.6) is 0 Å². The summed E-state index contributed by atoms with van der Waals surface area (Å²) in [5.41, 5.74) is 1.16. The second-order valence-electron chi connectivity index (χ2n) is 7.53. The highest BCUT2D eigenvalue weighted by Gasteiger charge is 2.35.